The highest BCUT2D eigenvalue weighted by molar-refractivity contribution is 5.90. The third-order valence-electron chi connectivity index (χ3n) is 4.76. The highest BCUT2D eigenvalue weighted by atomic mass is 16.5. The van der Waals surface area contributed by atoms with E-state index in [4.69, 9.17) is 4.52 Å². The first-order valence-electron chi connectivity index (χ1n) is 9.20. The topological polar surface area (TPSA) is 59.2 Å². The van der Waals surface area contributed by atoms with E-state index in [9.17, 15) is 4.79 Å². The number of amides is 1. The normalized spacial score (nSPS) is 10.9. The number of likely N-dealkylation sites (N-methyl/N-ethyl adjacent to an activating group) is 1. The van der Waals surface area contributed by atoms with Crippen molar-refractivity contribution in [1.82, 2.24) is 15.0 Å². The summed E-state index contributed by atoms with van der Waals surface area (Å²) >= 11 is 0. The van der Waals surface area contributed by atoms with Gasteiger partial charge in [-0.15, -0.1) is 0 Å². The molecule has 4 aromatic rings. The number of aromatic nitrogens is 2. The third-order valence-corrected chi connectivity index (χ3v) is 4.76. The average molecular weight is 371 g/mol. The molecule has 140 valence electrons. The van der Waals surface area contributed by atoms with Crippen LogP contribution >= 0.6 is 0 Å². The Morgan fingerprint density at radius 1 is 1.04 bits per heavy atom. The molecule has 0 radical (unpaired) electrons. The zero-order chi connectivity index (χ0) is 19.5. The molecule has 0 bridgehead atoms. The predicted octanol–water partition coefficient (Wildman–Crippen LogP) is 4.40. The lowest BCUT2D eigenvalue weighted by Gasteiger charge is -2.15. The van der Waals surface area contributed by atoms with Gasteiger partial charge in [-0.3, -0.25) is 4.79 Å². The van der Waals surface area contributed by atoms with E-state index in [1.165, 1.54) is 0 Å². The molecule has 5 heteroatoms. The van der Waals surface area contributed by atoms with Gasteiger partial charge in [0.25, 0.3) is 0 Å². The number of hydrogen-bond acceptors (Lipinski definition) is 4. The maximum absolute atomic E-state index is 12.7. The summed E-state index contributed by atoms with van der Waals surface area (Å²) in [6.07, 6.45) is 0.330. The fourth-order valence-electron chi connectivity index (χ4n) is 3.26. The van der Waals surface area contributed by atoms with Gasteiger partial charge in [0.2, 0.25) is 17.6 Å². The molecule has 3 aromatic carbocycles. The smallest absolute Gasteiger partial charge is 0.246 e. The first-order valence-corrected chi connectivity index (χ1v) is 9.20. The van der Waals surface area contributed by atoms with Gasteiger partial charge in [0.05, 0.1) is 13.0 Å². The summed E-state index contributed by atoms with van der Waals surface area (Å²) in [5, 5.41) is 6.28. The number of aryl methyl sites for hydroxylation is 1. The van der Waals surface area contributed by atoms with Gasteiger partial charge in [-0.05, 0) is 29.3 Å². The summed E-state index contributed by atoms with van der Waals surface area (Å²) in [4.78, 5) is 18.8. The maximum atomic E-state index is 12.7. The van der Waals surface area contributed by atoms with Crippen molar-refractivity contribution in [3.05, 3.63) is 83.7 Å². The quantitative estimate of drug-likeness (QED) is 0.522. The van der Waals surface area contributed by atoms with Crippen molar-refractivity contribution in [1.29, 1.82) is 0 Å². The van der Waals surface area contributed by atoms with Crippen LogP contribution in [0.25, 0.3) is 22.2 Å². The molecule has 1 aromatic heterocycles. The predicted molar refractivity (Wildman–Crippen MR) is 109 cm³/mol. The van der Waals surface area contributed by atoms with Gasteiger partial charge in [-0.1, -0.05) is 71.4 Å². The minimum atomic E-state index is 0.00617. The van der Waals surface area contributed by atoms with Crippen LogP contribution in [-0.4, -0.2) is 28.0 Å². The lowest BCUT2D eigenvalue weighted by atomic mass is 10.0. The molecule has 28 heavy (non-hydrogen) atoms. The molecule has 0 fully saturated rings. The molecule has 0 aliphatic carbocycles. The SMILES string of the molecule is Cc1cccc(-c2noc(CN(C)C(=O)Cc3cccc4ccccc34)n2)c1. The van der Waals surface area contributed by atoms with E-state index in [2.05, 4.69) is 22.3 Å². The van der Waals surface area contributed by atoms with E-state index in [-0.39, 0.29) is 12.5 Å². The van der Waals surface area contributed by atoms with Gasteiger partial charge >= 0.3 is 0 Å². The van der Waals surface area contributed by atoms with Crippen molar-refractivity contribution in [2.45, 2.75) is 19.9 Å². The van der Waals surface area contributed by atoms with E-state index < -0.39 is 0 Å². The number of carbonyl (C=O) groups excluding carboxylic acids is 1. The minimum Gasteiger partial charge on any atom is -0.337 e. The second-order valence-electron chi connectivity index (χ2n) is 6.95. The highest BCUT2D eigenvalue weighted by Gasteiger charge is 2.16. The van der Waals surface area contributed by atoms with Gasteiger partial charge in [0, 0.05) is 12.6 Å². The van der Waals surface area contributed by atoms with Crippen LogP contribution in [0.3, 0.4) is 0 Å². The third kappa shape index (κ3) is 3.78. The summed E-state index contributed by atoms with van der Waals surface area (Å²) in [5.74, 6) is 0.963. The molecule has 0 aliphatic heterocycles. The summed E-state index contributed by atoms with van der Waals surface area (Å²) < 4.78 is 5.35. The Bertz CT molecular complexity index is 1130. The summed E-state index contributed by atoms with van der Waals surface area (Å²) in [6.45, 7) is 2.30. The average Bonchev–Trinajstić information content (AvgIpc) is 3.17. The molecule has 0 N–H and O–H groups in total. The van der Waals surface area contributed by atoms with Crippen LogP contribution in [0.4, 0.5) is 0 Å². The molecule has 0 saturated heterocycles. The summed E-state index contributed by atoms with van der Waals surface area (Å²) in [6, 6.07) is 22.0. The second kappa shape index (κ2) is 7.64. The zero-order valence-corrected chi connectivity index (χ0v) is 15.9. The molecule has 1 amide bonds. The van der Waals surface area contributed by atoms with Gasteiger partial charge in [0.1, 0.15) is 0 Å². The minimum absolute atomic E-state index is 0.00617. The fraction of sp³-hybridized carbons (Fsp3) is 0.174. The largest absolute Gasteiger partial charge is 0.337 e. The van der Waals surface area contributed by atoms with Crippen molar-refractivity contribution in [2.75, 3.05) is 7.05 Å². The van der Waals surface area contributed by atoms with Crippen molar-refractivity contribution >= 4 is 16.7 Å². The van der Waals surface area contributed by atoms with Gasteiger partial charge in [-0.2, -0.15) is 4.98 Å². The van der Waals surface area contributed by atoms with E-state index in [1.54, 1.807) is 11.9 Å². The van der Waals surface area contributed by atoms with Crippen LogP contribution in [0.1, 0.15) is 17.0 Å². The molecule has 0 atom stereocenters. The van der Waals surface area contributed by atoms with E-state index in [0.717, 1.165) is 27.5 Å². The Morgan fingerprint density at radius 2 is 1.82 bits per heavy atom. The van der Waals surface area contributed by atoms with Crippen molar-refractivity contribution in [3.8, 4) is 11.4 Å². The Kier molecular flexibility index (Phi) is 4.89. The lowest BCUT2D eigenvalue weighted by Crippen LogP contribution is -2.27. The maximum Gasteiger partial charge on any atom is 0.246 e. The second-order valence-corrected chi connectivity index (χ2v) is 6.95. The van der Waals surface area contributed by atoms with Crippen molar-refractivity contribution in [2.24, 2.45) is 0 Å². The van der Waals surface area contributed by atoms with Crippen molar-refractivity contribution < 1.29 is 9.32 Å². The first-order chi connectivity index (χ1) is 13.6. The van der Waals surface area contributed by atoms with Crippen LogP contribution in [0, 0.1) is 6.92 Å². The molecule has 0 unspecified atom stereocenters. The van der Waals surface area contributed by atoms with E-state index in [1.807, 2.05) is 61.5 Å². The first kappa shape index (κ1) is 17.9. The molecule has 0 aliphatic rings. The van der Waals surface area contributed by atoms with E-state index in [0.29, 0.717) is 18.1 Å². The van der Waals surface area contributed by atoms with Crippen molar-refractivity contribution in [3.63, 3.8) is 0 Å². The molecule has 4 rings (SSSR count). The van der Waals surface area contributed by atoms with Crippen LogP contribution < -0.4 is 0 Å². The van der Waals surface area contributed by atoms with Crippen LogP contribution in [0.5, 0.6) is 0 Å². The molecular weight excluding hydrogens is 350 g/mol. The Labute approximate surface area is 163 Å². The lowest BCUT2D eigenvalue weighted by molar-refractivity contribution is -0.130. The fourth-order valence-corrected chi connectivity index (χ4v) is 3.26. The highest BCUT2D eigenvalue weighted by Crippen LogP contribution is 2.20. The summed E-state index contributed by atoms with van der Waals surface area (Å²) in [7, 11) is 1.75. The van der Waals surface area contributed by atoms with Crippen LogP contribution in [0.15, 0.2) is 71.3 Å². The number of nitrogens with zero attached hydrogens (tertiary/aromatic N) is 3. The number of rotatable bonds is 5. The monoisotopic (exact) mass is 371 g/mol. The Hall–Kier alpha value is -3.47. The van der Waals surface area contributed by atoms with Gasteiger partial charge in [0.15, 0.2) is 0 Å². The number of benzene rings is 3. The van der Waals surface area contributed by atoms with E-state index >= 15 is 0 Å². The molecule has 1 heterocycles. The Morgan fingerprint density at radius 3 is 2.68 bits per heavy atom. The van der Waals surface area contributed by atoms with Crippen LogP contribution in [-0.2, 0) is 17.8 Å². The molecule has 5 nitrogen and oxygen atoms in total. The number of fused-ring (bicyclic) bond motifs is 1. The number of carbonyl (C=O) groups is 1. The van der Waals surface area contributed by atoms with Gasteiger partial charge in [-0.25, -0.2) is 0 Å². The van der Waals surface area contributed by atoms with Gasteiger partial charge < -0.3 is 9.42 Å². The molecular formula is C23H21N3O2. The number of hydrogen-bond donors (Lipinski definition) is 0. The Balaban J connectivity index is 1.46. The standard InChI is InChI=1S/C23H21N3O2/c1-16-7-5-11-19(13-16)23-24-21(28-25-23)15-26(2)22(27)14-18-10-6-9-17-8-3-4-12-20(17)18/h3-13H,14-15H2,1-2H3. The molecule has 0 saturated carbocycles. The zero-order valence-electron chi connectivity index (χ0n) is 15.9. The van der Waals surface area contributed by atoms with Crippen LogP contribution in [0.2, 0.25) is 0 Å². The molecule has 0 spiro atoms. The summed E-state index contributed by atoms with van der Waals surface area (Å²) in [5.41, 5.74) is 3.05.